The Kier molecular flexibility index (Phi) is 5.41. The van der Waals surface area contributed by atoms with Gasteiger partial charge < -0.3 is 5.11 Å². The highest BCUT2D eigenvalue weighted by atomic mass is 19.4. The van der Waals surface area contributed by atoms with Crippen LogP contribution in [0.3, 0.4) is 0 Å². The van der Waals surface area contributed by atoms with Gasteiger partial charge in [-0.25, -0.2) is 0 Å². The predicted molar refractivity (Wildman–Crippen MR) is 69.9 cm³/mol. The minimum atomic E-state index is -4.33. The Morgan fingerprint density at radius 3 is 2.42 bits per heavy atom. The average molecular weight is 274 g/mol. The Balaban J connectivity index is 2.71. The van der Waals surface area contributed by atoms with E-state index in [1.165, 1.54) is 6.07 Å². The highest BCUT2D eigenvalue weighted by Gasteiger charge is 2.31. The molecule has 0 saturated carbocycles. The first-order chi connectivity index (χ1) is 8.74. The van der Waals surface area contributed by atoms with E-state index in [9.17, 15) is 18.3 Å². The second-order valence-corrected chi connectivity index (χ2v) is 5.33. The van der Waals surface area contributed by atoms with Gasteiger partial charge in [0.05, 0.1) is 11.2 Å². The lowest BCUT2D eigenvalue weighted by Gasteiger charge is -2.23. The molecule has 0 heterocycles. The number of hydrogen-bond acceptors (Lipinski definition) is 1. The van der Waals surface area contributed by atoms with Gasteiger partial charge in [0.15, 0.2) is 0 Å². The smallest absolute Gasteiger partial charge is 0.390 e. The molecule has 1 nitrogen and oxygen atoms in total. The van der Waals surface area contributed by atoms with E-state index in [1.807, 2.05) is 0 Å². The molecule has 0 aliphatic rings. The minimum Gasteiger partial charge on any atom is -0.390 e. The van der Waals surface area contributed by atoms with Crippen LogP contribution in [0.15, 0.2) is 24.3 Å². The zero-order valence-electron chi connectivity index (χ0n) is 11.4. The molecule has 1 aromatic carbocycles. The minimum absolute atomic E-state index is 0.251. The van der Waals surface area contributed by atoms with Crippen molar-refractivity contribution in [1.29, 1.82) is 0 Å². The van der Waals surface area contributed by atoms with Crippen LogP contribution in [-0.2, 0) is 12.6 Å². The van der Waals surface area contributed by atoms with Gasteiger partial charge >= 0.3 is 6.18 Å². The van der Waals surface area contributed by atoms with Crippen molar-refractivity contribution < 1.29 is 18.3 Å². The molecule has 19 heavy (non-hydrogen) atoms. The second-order valence-electron chi connectivity index (χ2n) is 5.33. The number of aliphatic hydroxyl groups is 1. The SMILES string of the molecule is CCCCCC(C)(O)Cc1cccc(C(F)(F)F)c1. The van der Waals surface area contributed by atoms with Gasteiger partial charge in [-0.1, -0.05) is 44.4 Å². The molecule has 0 bridgehead atoms. The van der Waals surface area contributed by atoms with Gasteiger partial charge in [0.1, 0.15) is 0 Å². The number of alkyl halides is 3. The molecule has 1 N–H and O–H groups in total. The van der Waals surface area contributed by atoms with E-state index in [4.69, 9.17) is 0 Å². The van der Waals surface area contributed by atoms with Crippen molar-refractivity contribution in [3.63, 3.8) is 0 Å². The molecule has 1 unspecified atom stereocenters. The molecule has 0 aliphatic carbocycles. The van der Waals surface area contributed by atoms with E-state index in [0.717, 1.165) is 31.4 Å². The normalized spacial score (nSPS) is 15.3. The molecule has 0 radical (unpaired) electrons. The van der Waals surface area contributed by atoms with Crippen LogP contribution in [0.2, 0.25) is 0 Å². The van der Waals surface area contributed by atoms with Crippen LogP contribution in [0.1, 0.15) is 50.7 Å². The summed E-state index contributed by atoms with van der Waals surface area (Å²) in [6.45, 7) is 3.75. The van der Waals surface area contributed by atoms with Gasteiger partial charge in [-0.2, -0.15) is 13.2 Å². The highest BCUT2D eigenvalue weighted by molar-refractivity contribution is 5.26. The fraction of sp³-hybridized carbons (Fsp3) is 0.600. The lowest BCUT2D eigenvalue weighted by molar-refractivity contribution is -0.137. The fourth-order valence-electron chi connectivity index (χ4n) is 2.14. The summed E-state index contributed by atoms with van der Waals surface area (Å²) in [5.41, 5.74) is -1.08. The molecule has 0 saturated heterocycles. The molecular weight excluding hydrogens is 253 g/mol. The molecule has 0 spiro atoms. The van der Waals surface area contributed by atoms with Crippen molar-refractivity contribution in [2.75, 3.05) is 0 Å². The van der Waals surface area contributed by atoms with E-state index >= 15 is 0 Å². The molecule has 108 valence electrons. The van der Waals surface area contributed by atoms with Crippen molar-refractivity contribution in [3.8, 4) is 0 Å². The molecule has 0 fully saturated rings. The summed E-state index contributed by atoms with van der Waals surface area (Å²) in [5.74, 6) is 0. The summed E-state index contributed by atoms with van der Waals surface area (Å²) in [4.78, 5) is 0. The van der Waals surface area contributed by atoms with Crippen LogP contribution in [0.25, 0.3) is 0 Å². The number of halogens is 3. The zero-order valence-corrected chi connectivity index (χ0v) is 11.4. The molecule has 1 atom stereocenters. The summed E-state index contributed by atoms with van der Waals surface area (Å²) in [6.07, 6.45) is -0.497. The second kappa shape index (κ2) is 6.42. The first-order valence-corrected chi connectivity index (χ1v) is 6.63. The first-order valence-electron chi connectivity index (χ1n) is 6.63. The molecule has 1 rings (SSSR count). The van der Waals surface area contributed by atoms with E-state index in [1.54, 1.807) is 13.0 Å². The van der Waals surface area contributed by atoms with Gasteiger partial charge in [0, 0.05) is 6.42 Å². The summed E-state index contributed by atoms with van der Waals surface area (Å²) in [5, 5.41) is 10.2. The van der Waals surface area contributed by atoms with Crippen molar-refractivity contribution in [1.82, 2.24) is 0 Å². The van der Waals surface area contributed by atoms with Crippen LogP contribution in [0.4, 0.5) is 13.2 Å². The van der Waals surface area contributed by atoms with Crippen LogP contribution < -0.4 is 0 Å². The Labute approximate surface area is 112 Å². The van der Waals surface area contributed by atoms with Crippen molar-refractivity contribution >= 4 is 0 Å². The predicted octanol–water partition coefficient (Wildman–Crippen LogP) is 4.58. The maximum absolute atomic E-state index is 12.6. The van der Waals surface area contributed by atoms with Gasteiger partial charge in [-0.3, -0.25) is 0 Å². The number of hydrogen-bond donors (Lipinski definition) is 1. The molecule has 4 heteroatoms. The van der Waals surface area contributed by atoms with E-state index in [2.05, 4.69) is 6.92 Å². The van der Waals surface area contributed by atoms with Gasteiger partial charge in [0.25, 0.3) is 0 Å². The van der Waals surface area contributed by atoms with Crippen molar-refractivity contribution in [2.24, 2.45) is 0 Å². The van der Waals surface area contributed by atoms with Crippen LogP contribution in [0, 0.1) is 0 Å². The Hall–Kier alpha value is -1.03. The number of rotatable bonds is 6. The molecule has 0 aromatic heterocycles. The van der Waals surface area contributed by atoms with Crippen molar-refractivity contribution in [2.45, 2.75) is 57.7 Å². The average Bonchev–Trinajstić information content (AvgIpc) is 2.27. The van der Waals surface area contributed by atoms with Crippen molar-refractivity contribution in [3.05, 3.63) is 35.4 Å². The molecule has 0 aliphatic heterocycles. The topological polar surface area (TPSA) is 20.2 Å². The first kappa shape index (κ1) is 16.0. The molecular formula is C15H21F3O. The lowest BCUT2D eigenvalue weighted by Crippen LogP contribution is -2.27. The maximum atomic E-state index is 12.6. The number of unbranched alkanes of at least 4 members (excludes halogenated alkanes) is 2. The van der Waals surface area contributed by atoms with Crippen LogP contribution in [0.5, 0.6) is 0 Å². The standard InChI is InChI=1S/C15H21F3O/c1-3-4-5-9-14(2,19)11-12-7-6-8-13(10-12)15(16,17)18/h6-8,10,19H,3-5,9,11H2,1-2H3. The summed E-state index contributed by atoms with van der Waals surface area (Å²) < 4.78 is 37.8. The molecule has 1 aromatic rings. The quantitative estimate of drug-likeness (QED) is 0.753. The third-order valence-electron chi connectivity index (χ3n) is 3.16. The van der Waals surface area contributed by atoms with Gasteiger partial charge in [-0.15, -0.1) is 0 Å². The van der Waals surface area contributed by atoms with Gasteiger partial charge in [-0.05, 0) is 25.0 Å². The summed E-state index contributed by atoms with van der Waals surface area (Å²) in [7, 11) is 0. The Morgan fingerprint density at radius 2 is 1.84 bits per heavy atom. The maximum Gasteiger partial charge on any atom is 0.416 e. The number of benzene rings is 1. The monoisotopic (exact) mass is 274 g/mol. The Bertz CT molecular complexity index is 397. The van der Waals surface area contributed by atoms with E-state index in [-0.39, 0.29) is 6.42 Å². The van der Waals surface area contributed by atoms with E-state index in [0.29, 0.717) is 12.0 Å². The third kappa shape index (κ3) is 5.64. The Morgan fingerprint density at radius 1 is 1.16 bits per heavy atom. The highest BCUT2D eigenvalue weighted by Crippen LogP contribution is 2.30. The van der Waals surface area contributed by atoms with Crippen LogP contribution in [-0.4, -0.2) is 10.7 Å². The van der Waals surface area contributed by atoms with Gasteiger partial charge in [0.2, 0.25) is 0 Å². The third-order valence-corrected chi connectivity index (χ3v) is 3.16. The lowest BCUT2D eigenvalue weighted by atomic mass is 9.90. The summed E-state index contributed by atoms with van der Waals surface area (Å²) in [6, 6.07) is 5.19. The largest absolute Gasteiger partial charge is 0.416 e. The fourth-order valence-corrected chi connectivity index (χ4v) is 2.14. The summed E-state index contributed by atoms with van der Waals surface area (Å²) >= 11 is 0. The van der Waals surface area contributed by atoms with Crippen LogP contribution >= 0.6 is 0 Å². The molecule has 0 amide bonds. The van der Waals surface area contributed by atoms with E-state index < -0.39 is 17.3 Å². The zero-order chi connectivity index (χ0) is 14.5.